The number of hydrogen-bond donors (Lipinski definition) is 0. The molecular formula is C24H30O3. The zero-order valence-corrected chi connectivity index (χ0v) is 16.6. The molecule has 2 unspecified atom stereocenters. The van der Waals surface area contributed by atoms with Crippen LogP contribution in [0.25, 0.3) is 0 Å². The van der Waals surface area contributed by atoms with Gasteiger partial charge in [-0.3, -0.25) is 4.79 Å². The molecule has 2 aromatic rings. The lowest BCUT2D eigenvalue weighted by molar-refractivity contribution is -0.117. The highest BCUT2D eigenvalue weighted by Crippen LogP contribution is 2.45. The van der Waals surface area contributed by atoms with Crippen LogP contribution in [0.2, 0.25) is 0 Å². The van der Waals surface area contributed by atoms with E-state index in [0.29, 0.717) is 31.1 Å². The van der Waals surface area contributed by atoms with Crippen molar-refractivity contribution in [3.63, 3.8) is 0 Å². The minimum Gasteiger partial charge on any atom is -0.303 e. The minimum atomic E-state index is 0.117. The van der Waals surface area contributed by atoms with Crippen LogP contribution in [0.4, 0.5) is 0 Å². The van der Waals surface area contributed by atoms with E-state index in [1.807, 2.05) is 50.2 Å². The lowest BCUT2D eigenvalue weighted by atomic mass is 10.0. The summed E-state index contributed by atoms with van der Waals surface area (Å²) in [5, 5.41) is 0. The predicted molar refractivity (Wildman–Crippen MR) is 110 cm³/mol. The summed E-state index contributed by atoms with van der Waals surface area (Å²) >= 11 is 0. The van der Waals surface area contributed by atoms with Crippen molar-refractivity contribution >= 4 is 17.9 Å². The molecule has 3 rings (SSSR count). The minimum absolute atomic E-state index is 0.117. The molecule has 2 atom stereocenters. The van der Waals surface area contributed by atoms with Gasteiger partial charge in [-0.25, -0.2) is 0 Å². The smallest absolute Gasteiger partial charge is 0.162 e. The van der Waals surface area contributed by atoms with E-state index in [-0.39, 0.29) is 11.6 Å². The van der Waals surface area contributed by atoms with Crippen LogP contribution in [0.5, 0.6) is 0 Å². The van der Waals surface area contributed by atoms with Crippen molar-refractivity contribution in [3.8, 4) is 0 Å². The van der Waals surface area contributed by atoms with Crippen molar-refractivity contribution in [1.29, 1.82) is 0 Å². The Morgan fingerprint density at radius 3 is 1.96 bits per heavy atom. The van der Waals surface area contributed by atoms with E-state index in [1.54, 1.807) is 19.1 Å². The van der Waals surface area contributed by atoms with Crippen molar-refractivity contribution in [3.05, 3.63) is 71.8 Å². The average Bonchev–Trinajstić information content (AvgIpc) is 3.51. The third-order valence-corrected chi connectivity index (χ3v) is 4.27. The number of benzene rings is 2. The summed E-state index contributed by atoms with van der Waals surface area (Å²) < 4.78 is 0. The molecule has 0 bridgehead atoms. The summed E-state index contributed by atoms with van der Waals surface area (Å²) in [7, 11) is 0. The van der Waals surface area contributed by atoms with Crippen LogP contribution in [-0.4, -0.2) is 17.9 Å². The van der Waals surface area contributed by atoms with E-state index < -0.39 is 0 Å². The molecule has 0 saturated heterocycles. The van der Waals surface area contributed by atoms with Crippen molar-refractivity contribution in [2.24, 2.45) is 5.92 Å². The third-order valence-electron chi connectivity index (χ3n) is 4.27. The normalized spacial score (nSPS) is 16.7. The first-order valence-corrected chi connectivity index (χ1v) is 9.69. The highest BCUT2D eigenvalue weighted by atomic mass is 16.1. The second-order valence-corrected chi connectivity index (χ2v) is 6.40. The summed E-state index contributed by atoms with van der Waals surface area (Å²) in [5.41, 5.74) is 2.04. The zero-order valence-electron chi connectivity index (χ0n) is 16.6. The SMILES string of the molecule is CC.CC(=O)CCCC(=O)c1ccccc1.O=CC1CC1c1ccccc1. The Kier molecular flexibility index (Phi) is 10.6. The van der Waals surface area contributed by atoms with E-state index in [9.17, 15) is 14.4 Å². The molecule has 3 nitrogen and oxygen atoms in total. The summed E-state index contributed by atoms with van der Waals surface area (Å²) in [4.78, 5) is 32.5. The van der Waals surface area contributed by atoms with Gasteiger partial charge in [0, 0.05) is 24.3 Å². The van der Waals surface area contributed by atoms with Gasteiger partial charge in [0.25, 0.3) is 0 Å². The van der Waals surface area contributed by atoms with Crippen LogP contribution < -0.4 is 0 Å². The lowest BCUT2D eigenvalue weighted by Crippen LogP contribution is -2.00. The third kappa shape index (κ3) is 8.59. The van der Waals surface area contributed by atoms with Crippen molar-refractivity contribution in [2.75, 3.05) is 0 Å². The number of hydrogen-bond acceptors (Lipinski definition) is 3. The first kappa shape index (κ1) is 22.5. The van der Waals surface area contributed by atoms with E-state index in [2.05, 4.69) is 12.1 Å². The number of carbonyl (C=O) groups is 3. The molecule has 0 spiro atoms. The standard InChI is InChI=1S/C12H14O2.C10H10O.C2H6/c1-10(13)6-5-9-12(14)11-7-3-2-4-8-11;11-7-9-6-10(9)8-4-2-1-3-5-8;1-2/h2-4,7-8H,5-6,9H2,1H3;1-5,7,9-10H,6H2;1-2H3. The Morgan fingerprint density at radius 2 is 1.48 bits per heavy atom. The molecule has 144 valence electrons. The molecule has 1 aliphatic carbocycles. The lowest BCUT2D eigenvalue weighted by Gasteiger charge is -1.98. The van der Waals surface area contributed by atoms with Gasteiger partial charge in [0.15, 0.2) is 5.78 Å². The molecule has 2 aromatic carbocycles. The molecule has 0 radical (unpaired) electrons. The van der Waals surface area contributed by atoms with Gasteiger partial charge in [0.05, 0.1) is 0 Å². The number of ketones is 2. The van der Waals surface area contributed by atoms with Gasteiger partial charge in [-0.05, 0) is 31.2 Å². The van der Waals surface area contributed by atoms with Crippen molar-refractivity contribution < 1.29 is 14.4 Å². The zero-order chi connectivity index (χ0) is 20.1. The Morgan fingerprint density at radius 1 is 0.926 bits per heavy atom. The fourth-order valence-corrected chi connectivity index (χ4v) is 2.71. The van der Waals surface area contributed by atoms with E-state index in [4.69, 9.17) is 0 Å². The first-order chi connectivity index (χ1) is 13.1. The Bertz CT molecular complexity index is 692. The maximum atomic E-state index is 11.5. The number of rotatable bonds is 7. The van der Waals surface area contributed by atoms with Crippen LogP contribution >= 0.6 is 0 Å². The maximum Gasteiger partial charge on any atom is 0.162 e. The highest BCUT2D eigenvalue weighted by Gasteiger charge is 2.37. The van der Waals surface area contributed by atoms with Gasteiger partial charge in [-0.1, -0.05) is 74.5 Å². The molecule has 27 heavy (non-hydrogen) atoms. The van der Waals surface area contributed by atoms with Gasteiger partial charge < -0.3 is 9.59 Å². The van der Waals surface area contributed by atoms with E-state index >= 15 is 0 Å². The van der Waals surface area contributed by atoms with E-state index in [1.165, 1.54) is 5.56 Å². The molecule has 0 heterocycles. The van der Waals surface area contributed by atoms with Crippen LogP contribution in [0.15, 0.2) is 60.7 Å². The summed E-state index contributed by atoms with van der Waals surface area (Å²) in [6.07, 6.45) is 3.73. The van der Waals surface area contributed by atoms with Gasteiger partial charge in [-0.15, -0.1) is 0 Å². The molecule has 1 aliphatic rings. The molecule has 0 aromatic heterocycles. The van der Waals surface area contributed by atoms with Crippen LogP contribution in [0, 0.1) is 5.92 Å². The maximum absolute atomic E-state index is 11.5. The summed E-state index contributed by atoms with van der Waals surface area (Å²) in [5.74, 6) is 1.09. The molecular weight excluding hydrogens is 336 g/mol. The summed E-state index contributed by atoms with van der Waals surface area (Å²) in [6.45, 7) is 5.55. The van der Waals surface area contributed by atoms with E-state index in [0.717, 1.165) is 18.3 Å². The molecule has 1 fully saturated rings. The number of Topliss-reactive ketones (excluding diaryl/α,β-unsaturated/α-hetero) is 2. The second-order valence-electron chi connectivity index (χ2n) is 6.40. The number of carbonyl (C=O) groups excluding carboxylic acids is 3. The average molecular weight is 367 g/mol. The molecule has 0 aliphatic heterocycles. The highest BCUT2D eigenvalue weighted by molar-refractivity contribution is 5.96. The first-order valence-electron chi connectivity index (χ1n) is 9.69. The second kappa shape index (κ2) is 12.7. The molecule has 0 amide bonds. The summed E-state index contributed by atoms with van der Waals surface area (Å²) in [6, 6.07) is 19.4. The Hall–Kier alpha value is -2.55. The van der Waals surface area contributed by atoms with Gasteiger partial charge in [-0.2, -0.15) is 0 Å². The largest absolute Gasteiger partial charge is 0.303 e. The van der Waals surface area contributed by atoms with Gasteiger partial charge >= 0.3 is 0 Å². The topological polar surface area (TPSA) is 51.2 Å². The van der Waals surface area contributed by atoms with Crippen molar-refractivity contribution in [2.45, 2.75) is 52.4 Å². The van der Waals surface area contributed by atoms with Crippen molar-refractivity contribution in [1.82, 2.24) is 0 Å². The van der Waals surface area contributed by atoms with Crippen LogP contribution in [-0.2, 0) is 9.59 Å². The fourth-order valence-electron chi connectivity index (χ4n) is 2.71. The Labute approximate surface area is 162 Å². The van der Waals surface area contributed by atoms with Crippen LogP contribution in [0.1, 0.15) is 68.3 Å². The molecule has 3 heteroatoms. The monoisotopic (exact) mass is 366 g/mol. The Balaban J connectivity index is 0.000000252. The molecule has 0 N–H and O–H groups in total. The molecule has 1 saturated carbocycles. The quantitative estimate of drug-likeness (QED) is 0.470. The van der Waals surface area contributed by atoms with Crippen LogP contribution in [0.3, 0.4) is 0 Å². The van der Waals surface area contributed by atoms with Gasteiger partial charge in [0.2, 0.25) is 0 Å². The predicted octanol–water partition coefficient (Wildman–Crippen LogP) is 5.64. The fraction of sp³-hybridized carbons (Fsp3) is 0.375. The number of aldehydes is 1. The van der Waals surface area contributed by atoms with Gasteiger partial charge in [0.1, 0.15) is 12.1 Å².